The normalized spacial score (nSPS) is 10.6. The topological polar surface area (TPSA) is 98.0 Å². The van der Waals surface area contributed by atoms with Gasteiger partial charge in [0.1, 0.15) is 5.03 Å². The smallest absolute Gasteiger partial charge is 0.306 e. The molecule has 1 heterocycles. The number of thioether (sulfide) groups is 1. The minimum atomic E-state index is -0.956. The SMILES string of the molecule is CCc1ccc(-c2ccc(SCC(=O)Nc3ccc(F)c([N+](=O)[O-])c3)nn2)cc1. The van der Waals surface area contributed by atoms with Crippen LogP contribution in [0.1, 0.15) is 12.5 Å². The summed E-state index contributed by atoms with van der Waals surface area (Å²) >= 11 is 1.18. The summed E-state index contributed by atoms with van der Waals surface area (Å²) in [4.78, 5) is 22.0. The maximum Gasteiger partial charge on any atom is 0.306 e. The molecule has 0 aliphatic rings. The number of carbonyl (C=O) groups is 1. The highest BCUT2D eigenvalue weighted by Gasteiger charge is 2.15. The van der Waals surface area contributed by atoms with Crippen LogP contribution < -0.4 is 5.32 Å². The minimum absolute atomic E-state index is 0.0321. The molecule has 0 aliphatic heterocycles. The van der Waals surface area contributed by atoms with E-state index < -0.39 is 22.3 Å². The van der Waals surface area contributed by atoms with Crippen LogP contribution >= 0.6 is 11.8 Å². The number of carbonyl (C=O) groups excluding carboxylic acids is 1. The number of rotatable bonds is 7. The van der Waals surface area contributed by atoms with Crippen LogP contribution in [0.25, 0.3) is 11.3 Å². The van der Waals surface area contributed by atoms with Gasteiger partial charge in [-0.2, -0.15) is 4.39 Å². The third kappa shape index (κ3) is 5.35. The lowest BCUT2D eigenvalue weighted by Crippen LogP contribution is -2.14. The van der Waals surface area contributed by atoms with Crippen molar-refractivity contribution >= 4 is 29.0 Å². The Hall–Kier alpha value is -3.33. The summed E-state index contributed by atoms with van der Waals surface area (Å²) in [5.41, 5.74) is 2.40. The van der Waals surface area contributed by atoms with Crippen molar-refractivity contribution in [1.29, 1.82) is 0 Å². The van der Waals surface area contributed by atoms with Crippen LogP contribution in [-0.4, -0.2) is 26.8 Å². The molecule has 2 aromatic carbocycles. The van der Waals surface area contributed by atoms with Crippen LogP contribution in [0.2, 0.25) is 0 Å². The monoisotopic (exact) mass is 412 g/mol. The summed E-state index contributed by atoms with van der Waals surface area (Å²) < 4.78 is 13.3. The number of amides is 1. The molecule has 7 nitrogen and oxygen atoms in total. The highest BCUT2D eigenvalue weighted by Crippen LogP contribution is 2.23. The average molecular weight is 412 g/mol. The zero-order valence-electron chi connectivity index (χ0n) is 15.5. The molecule has 1 aromatic heterocycles. The fourth-order valence-electron chi connectivity index (χ4n) is 2.53. The van der Waals surface area contributed by atoms with Gasteiger partial charge in [0.15, 0.2) is 0 Å². The molecule has 9 heteroatoms. The first-order valence-electron chi connectivity index (χ1n) is 8.76. The molecule has 0 spiro atoms. The molecule has 0 saturated carbocycles. The Morgan fingerprint density at radius 3 is 2.52 bits per heavy atom. The second kappa shape index (κ2) is 9.24. The van der Waals surface area contributed by atoms with Crippen molar-refractivity contribution in [2.75, 3.05) is 11.1 Å². The quantitative estimate of drug-likeness (QED) is 0.349. The van der Waals surface area contributed by atoms with E-state index in [0.29, 0.717) is 5.03 Å². The Labute approximate surface area is 170 Å². The Bertz CT molecular complexity index is 1030. The third-order valence-corrected chi connectivity index (χ3v) is 5.00. The molecule has 148 valence electrons. The van der Waals surface area contributed by atoms with E-state index in [9.17, 15) is 19.3 Å². The van der Waals surface area contributed by atoms with Crippen molar-refractivity contribution in [2.45, 2.75) is 18.4 Å². The van der Waals surface area contributed by atoms with Gasteiger partial charge in [-0.15, -0.1) is 10.2 Å². The first-order valence-corrected chi connectivity index (χ1v) is 9.74. The van der Waals surface area contributed by atoms with Crippen LogP contribution in [0.5, 0.6) is 0 Å². The van der Waals surface area contributed by atoms with Gasteiger partial charge in [-0.05, 0) is 36.2 Å². The van der Waals surface area contributed by atoms with Gasteiger partial charge < -0.3 is 5.32 Å². The second-order valence-electron chi connectivity index (χ2n) is 6.07. The number of aryl methyl sites for hydroxylation is 1. The lowest BCUT2D eigenvalue weighted by atomic mass is 10.1. The Kier molecular flexibility index (Phi) is 6.50. The summed E-state index contributed by atoms with van der Waals surface area (Å²) in [5.74, 6) is -1.32. The molecule has 1 amide bonds. The molecule has 0 atom stereocenters. The van der Waals surface area contributed by atoms with Gasteiger partial charge >= 0.3 is 5.69 Å². The zero-order valence-corrected chi connectivity index (χ0v) is 16.3. The molecule has 0 aliphatic carbocycles. The van der Waals surface area contributed by atoms with E-state index in [-0.39, 0.29) is 11.4 Å². The maximum absolute atomic E-state index is 13.3. The predicted octanol–water partition coefficient (Wildman–Crippen LogP) is 4.48. The number of hydrogen-bond donors (Lipinski definition) is 1. The number of nitro benzene ring substituents is 1. The van der Waals surface area contributed by atoms with Crippen molar-refractivity contribution in [3.63, 3.8) is 0 Å². The Morgan fingerprint density at radius 2 is 1.90 bits per heavy atom. The van der Waals surface area contributed by atoms with Crippen molar-refractivity contribution in [3.05, 3.63) is 76.1 Å². The van der Waals surface area contributed by atoms with E-state index >= 15 is 0 Å². The van der Waals surface area contributed by atoms with Gasteiger partial charge in [-0.1, -0.05) is 43.0 Å². The van der Waals surface area contributed by atoms with Crippen LogP contribution in [-0.2, 0) is 11.2 Å². The van der Waals surface area contributed by atoms with Crippen molar-refractivity contribution in [3.8, 4) is 11.3 Å². The van der Waals surface area contributed by atoms with Gasteiger partial charge in [0.25, 0.3) is 0 Å². The van der Waals surface area contributed by atoms with E-state index in [1.165, 1.54) is 23.4 Å². The fraction of sp³-hybridized carbons (Fsp3) is 0.150. The molecule has 3 aromatic rings. The van der Waals surface area contributed by atoms with Gasteiger partial charge in [0.05, 0.1) is 16.4 Å². The van der Waals surface area contributed by atoms with Crippen LogP contribution in [0.4, 0.5) is 15.8 Å². The molecule has 1 N–H and O–H groups in total. The molecule has 0 radical (unpaired) electrons. The summed E-state index contributed by atoms with van der Waals surface area (Å²) in [5, 5.41) is 22.1. The summed E-state index contributed by atoms with van der Waals surface area (Å²) in [6.07, 6.45) is 0.967. The zero-order chi connectivity index (χ0) is 20.8. The first kappa shape index (κ1) is 20.4. The number of anilines is 1. The molecule has 0 saturated heterocycles. The highest BCUT2D eigenvalue weighted by molar-refractivity contribution is 7.99. The lowest BCUT2D eigenvalue weighted by molar-refractivity contribution is -0.387. The Morgan fingerprint density at radius 1 is 1.14 bits per heavy atom. The van der Waals surface area contributed by atoms with Crippen LogP contribution in [0.15, 0.2) is 59.6 Å². The number of halogens is 1. The number of nitrogens with one attached hydrogen (secondary N) is 1. The van der Waals surface area contributed by atoms with Crippen molar-refractivity contribution < 1.29 is 14.1 Å². The maximum atomic E-state index is 13.3. The van der Waals surface area contributed by atoms with E-state index in [1.54, 1.807) is 6.07 Å². The number of hydrogen-bond acceptors (Lipinski definition) is 6. The highest BCUT2D eigenvalue weighted by atomic mass is 32.2. The van der Waals surface area contributed by atoms with Crippen LogP contribution in [0.3, 0.4) is 0 Å². The summed E-state index contributed by atoms with van der Waals surface area (Å²) in [6.45, 7) is 2.09. The fourth-order valence-corrected chi connectivity index (χ4v) is 3.14. The number of benzene rings is 2. The molecule has 0 fully saturated rings. The number of nitro groups is 1. The van der Waals surface area contributed by atoms with E-state index in [1.807, 2.05) is 30.3 Å². The minimum Gasteiger partial charge on any atom is -0.325 e. The molecular formula is C20H17FN4O3S. The summed E-state index contributed by atoms with van der Waals surface area (Å²) in [7, 11) is 0. The van der Waals surface area contributed by atoms with Crippen molar-refractivity contribution in [1.82, 2.24) is 10.2 Å². The van der Waals surface area contributed by atoms with Gasteiger partial charge in [0.2, 0.25) is 11.7 Å². The lowest BCUT2D eigenvalue weighted by Gasteiger charge is -2.06. The van der Waals surface area contributed by atoms with E-state index in [2.05, 4.69) is 22.4 Å². The Balaban J connectivity index is 1.57. The van der Waals surface area contributed by atoms with Crippen LogP contribution in [0, 0.1) is 15.9 Å². The summed E-state index contributed by atoms with van der Waals surface area (Å²) in [6, 6.07) is 14.9. The van der Waals surface area contributed by atoms with E-state index in [4.69, 9.17) is 0 Å². The third-order valence-electron chi connectivity index (χ3n) is 4.08. The molecule has 29 heavy (non-hydrogen) atoms. The standard InChI is InChI=1S/C20H17FN4O3S/c1-2-13-3-5-14(6-4-13)17-9-10-20(24-23-17)29-12-19(26)22-15-7-8-16(21)18(11-15)25(27)28/h3-11H,2,12H2,1H3,(H,22,26). The number of aromatic nitrogens is 2. The predicted molar refractivity (Wildman–Crippen MR) is 109 cm³/mol. The largest absolute Gasteiger partial charge is 0.325 e. The van der Waals surface area contributed by atoms with Gasteiger partial charge in [0, 0.05) is 17.3 Å². The molecule has 0 bridgehead atoms. The number of nitrogens with zero attached hydrogens (tertiary/aromatic N) is 3. The van der Waals surface area contributed by atoms with Gasteiger partial charge in [-0.25, -0.2) is 0 Å². The first-order chi connectivity index (χ1) is 14.0. The molecule has 0 unspecified atom stereocenters. The molecular weight excluding hydrogens is 395 g/mol. The average Bonchev–Trinajstić information content (AvgIpc) is 2.74. The van der Waals surface area contributed by atoms with Gasteiger partial charge in [-0.3, -0.25) is 14.9 Å². The van der Waals surface area contributed by atoms with Crippen molar-refractivity contribution in [2.24, 2.45) is 0 Å². The van der Waals surface area contributed by atoms with E-state index in [0.717, 1.165) is 29.8 Å². The second-order valence-corrected chi connectivity index (χ2v) is 7.06. The molecule has 3 rings (SSSR count).